The second kappa shape index (κ2) is 6.75. The van der Waals surface area contributed by atoms with Crippen LogP contribution in [0, 0.1) is 5.82 Å². The number of anilines is 1. The van der Waals surface area contributed by atoms with Crippen molar-refractivity contribution in [1.82, 2.24) is 0 Å². The predicted octanol–water partition coefficient (Wildman–Crippen LogP) is 5.18. The molecule has 0 fully saturated rings. The Morgan fingerprint density at radius 1 is 1.25 bits per heavy atom. The number of benzene rings is 2. The van der Waals surface area contributed by atoms with Crippen LogP contribution in [0.25, 0.3) is 11.0 Å². The topological polar surface area (TPSA) is 54.6 Å². The van der Waals surface area contributed by atoms with Crippen LogP contribution in [0.3, 0.4) is 0 Å². The second-order valence-electron chi connectivity index (χ2n) is 5.07. The SMILES string of the molecule is CC(=NNc1ccc(F)c(Cl)c1)c1cc2cc(Br)ccc2oc1=O. The Kier molecular flexibility index (Phi) is 4.69. The lowest BCUT2D eigenvalue weighted by atomic mass is 10.1. The highest BCUT2D eigenvalue weighted by molar-refractivity contribution is 9.10. The molecule has 0 amide bonds. The van der Waals surface area contributed by atoms with Crippen LogP contribution in [-0.4, -0.2) is 5.71 Å². The largest absolute Gasteiger partial charge is 0.422 e. The van der Waals surface area contributed by atoms with Gasteiger partial charge >= 0.3 is 5.63 Å². The molecule has 1 aromatic heterocycles. The van der Waals surface area contributed by atoms with E-state index in [9.17, 15) is 9.18 Å². The van der Waals surface area contributed by atoms with Crippen molar-refractivity contribution in [2.45, 2.75) is 6.92 Å². The van der Waals surface area contributed by atoms with E-state index < -0.39 is 11.4 Å². The molecule has 0 saturated carbocycles. The Hall–Kier alpha value is -2.18. The molecule has 1 N–H and O–H groups in total. The summed E-state index contributed by atoms with van der Waals surface area (Å²) in [6.07, 6.45) is 0. The normalized spacial score (nSPS) is 11.8. The summed E-state index contributed by atoms with van der Waals surface area (Å²) in [4.78, 5) is 12.1. The number of hydrazone groups is 1. The van der Waals surface area contributed by atoms with Crippen molar-refractivity contribution >= 4 is 49.9 Å². The van der Waals surface area contributed by atoms with E-state index in [0.29, 0.717) is 22.5 Å². The fourth-order valence-corrected chi connectivity index (χ4v) is 2.68. The maximum atomic E-state index is 13.1. The zero-order chi connectivity index (χ0) is 17.3. The Morgan fingerprint density at radius 2 is 2.04 bits per heavy atom. The van der Waals surface area contributed by atoms with Gasteiger partial charge in [0.25, 0.3) is 0 Å². The molecule has 122 valence electrons. The fraction of sp³-hybridized carbons (Fsp3) is 0.0588. The standard InChI is InChI=1S/C17H11BrClFN2O2/c1-9(21-22-12-3-4-15(20)14(19)8-12)13-7-10-6-11(18)2-5-16(10)24-17(13)23/h2-8,22H,1H3. The van der Waals surface area contributed by atoms with Crippen LogP contribution in [0.2, 0.25) is 5.02 Å². The van der Waals surface area contributed by atoms with E-state index in [4.69, 9.17) is 16.0 Å². The average Bonchev–Trinajstić information content (AvgIpc) is 2.55. The van der Waals surface area contributed by atoms with Crippen LogP contribution in [-0.2, 0) is 0 Å². The Balaban J connectivity index is 1.94. The van der Waals surface area contributed by atoms with E-state index in [0.717, 1.165) is 9.86 Å². The van der Waals surface area contributed by atoms with Gasteiger partial charge in [0.1, 0.15) is 11.4 Å². The number of nitrogens with zero attached hydrogens (tertiary/aromatic N) is 1. The number of rotatable bonds is 3. The summed E-state index contributed by atoms with van der Waals surface area (Å²) in [5.74, 6) is -0.510. The van der Waals surface area contributed by atoms with Gasteiger partial charge in [-0.1, -0.05) is 27.5 Å². The maximum Gasteiger partial charge on any atom is 0.345 e. The molecule has 3 aromatic rings. The highest BCUT2D eigenvalue weighted by atomic mass is 79.9. The number of hydrogen-bond acceptors (Lipinski definition) is 4. The first-order valence-corrected chi connectivity index (χ1v) is 8.10. The van der Waals surface area contributed by atoms with Crippen molar-refractivity contribution in [1.29, 1.82) is 0 Å². The Morgan fingerprint density at radius 3 is 2.79 bits per heavy atom. The Labute approximate surface area is 150 Å². The lowest BCUT2D eigenvalue weighted by molar-refractivity contribution is 0.559. The van der Waals surface area contributed by atoms with E-state index in [2.05, 4.69) is 26.5 Å². The van der Waals surface area contributed by atoms with Crippen molar-refractivity contribution in [2.75, 3.05) is 5.43 Å². The third-order valence-corrected chi connectivity index (χ3v) is 4.14. The molecule has 0 spiro atoms. The number of nitrogens with one attached hydrogen (secondary N) is 1. The van der Waals surface area contributed by atoms with Gasteiger partial charge < -0.3 is 4.42 Å². The molecule has 4 nitrogen and oxygen atoms in total. The summed E-state index contributed by atoms with van der Waals surface area (Å²) in [6, 6.07) is 11.2. The summed E-state index contributed by atoms with van der Waals surface area (Å²) >= 11 is 9.10. The van der Waals surface area contributed by atoms with Crippen LogP contribution in [0.1, 0.15) is 12.5 Å². The molecule has 0 bridgehead atoms. The summed E-state index contributed by atoms with van der Waals surface area (Å²) in [5.41, 5.74) is 4.04. The van der Waals surface area contributed by atoms with Crippen LogP contribution in [0.15, 0.2) is 61.3 Å². The van der Waals surface area contributed by atoms with Gasteiger partial charge in [0.15, 0.2) is 0 Å². The molecule has 0 atom stereocenters. The molecule has 0 saturated heterocycles. The molecule has 0 unspecified atom stereocenters. The quantitative estimate of drug-likeness (QED) is 0.368. The molecular weight excluding hydrogens is 399 g/mol. The van der Waals surface area contributed by atoms with Crippen molar-refractivity contribution in [3.8, 4) is 0 Å². The van der Waals surface area contributed by atoms with Crippen LogP contribution in [0.5, 0.6) is 0 Å². The zero-order valence-corrected chi connectivity index (χ0v) is 14.8. The molecular formula is C17H11BrClFN2O2. The smallest absolute Gasteiger partial charge is 0.345 e. The first kappa shape index (κ1) is 16.7. The van der Waals surface area contributed by atoms with Crippen molar-refractivity contribution in [3.05, 3.63) is 73.8 Å². The van der Waals surface area contributed by atoms with Crippen LogP contribution >= 0.6 is 27.5 Å². The van der Waals surface area contributed by atoms with Gasteiger partial charge in [0, 0.05) is 9.86 Å². The van der Waals surface area contributed by atoms with E-state index in [1.54, 1.807) is 25.1 Å². The van der Waals surface area contributed by atoms with E-state index in [1.165, 1.54) is 18.2 Å². The molecule has 0 radical (unpaired) electrons. The summed E-state index contributed by atoms with van der Waals surface area (Å²) in [7, 11) is 0. The monoisotopic (exact) mass is 408 g/mol. The minimum atomic E-state index is -0.510. The van der Waals surface area contributed by atoms with E-state index in [-0.39, 0.29) is 5.02 Å². The molecule has 24 heavy (non-hydrogen) atoms. The number of fused-ring (bicyclic) bond motifs is 1. The van der Waals surface area contributed by atoms with Gasteiger partial charge in [0.05, 0.1) is 22.0 Å². The molecule has 3 rings (SSSR count). The van der Waals surface area contributed by atoms with Crippen LogP contribution < -0.4 is 11.1 Å². The molecule has 7 heteroatoms. The highest BCUT2D eigenvalue weighted by Crippen LogP contribution is 2.21. The summed E-state index contributed by atoms with van der Waals surface area (Å²) in [5, 5.41) is 4.90. The van der Waals surface area contributed by atoms with Crippen molar-refractivity contribution < 1.29 is 8.81 Å². The molecule has 0 aliphatic rings. The molecule has 0 aliphatic carbocycles. The predicted molar refractivity (Wildman–Crippen MR) is 97.4 cm³/mol. The minimum absolute atomic E-state index is 0.0112. The van der Waals surface area contributed by atoms with E-state index >= 15 is 0 Å². The minimum Gasteiger partial charge on any atom is -0.422 e. The maximum absolute atomic E-state index is 13.1. The fourth-order valence-electron chi connectivity index (χ4n) is 2.12. The first-order chi connectivity index (χ1) is 11.4. The van der Waals surface area contributed by atoms with Gasteiger partial charge in [-0.05, 0) is 49.4 Å². The zero-order valence-electron chi connectivity index (χ0n) is 12.4. The second-order valence-corrected chi connectivity index (χ2v) is 6.39. The van der Waals surface area contributed by atoms with Gasteiger partial charge in [-0.3, -0.25) is 5.43 Å². The van der Waals surface area contributed by atoms with Gasteiger partial charge in [-0.2, -0.15) is 5.10 Å². The van der Waals surface area contributed by atoms with Crippen LogP contribution in [0.4, 0.5) is 10.1 Å². The highest BCUT2D eigenvalue weighted by Gasteiger charge is 2.09. The Bertz CT molecular complexity index is 1020. The third-order valence-electron chi connectivity index (χ3n) is 3.36. The number of halogens is 3. The lowest BCUT2D eigenvalue weighted by Crippen LogP contribution is -2.13. The van der Waals surface area contributed by atoms with Crippen molar-refractivity contribution in [2.24, 2.45) is 5.10 Å². The summed E-state index contributed by atoms with van der Waals surface area (Å²) < 4.78 is 19.3. The molecule has 1 heterocycles. The van der Waals surface area contributed by atoms with E-state index in [1.807, 2.05) is 6.07 Å². The average molecular weight is 410 g/mol. The first-order valence-electron chi connectivity index (χ1n) is 6.93. The van der Waals surface area contributed by atoms with Crippen molar-refractivity contribution in [3.63, 3.8) is 0 Å². The van der Waals surface area contributed by atoms with Gasteiger partial charge in [0.2, 0.25) is 0 Å². The van der Waals surface area contributed by atoms with Gasteiger partial charge in [-0.25, -0.2) is 9.18 Å². The number of hydrogen-bond donors (Lipinski definition) is 1. The molecule has 0 aliphatic heterocycles. The lowest BCUT2D eigenvalue weighted by Gasteiger charge is -2.05. The molecule has 2 aromatic carbocycles. The third kappa shape index (κ3) is 3.49. The van der Waals surface area contributed by atoms with Gasteiger partial charge in [-0.15, -0.1) is 0 Å². The summed E-state index contributed by atoms with van der Waals surface area (Å²) in [6.45, 7) is 1.67.